The van der Waals surface area contributed by atoms with E-state index in [4.69, 9.17) is 9.73 Å². The minimum absolute atomic E-state index is 0.0806. The summed E-state index contributed by atoms with van der Waals surface area (Å²) in [5.74, 6) is 1.71. The number of nitrogens with zero attached hydrogens (tertiary/aromatic N) is 3. The average Bonchev–Trinajstić information content (AvgIpc) is 3.44. The molecule has 1 fully saturated rings. The molecule has 2 aromatic rings. The van der Waals surface area contributed by atoms with Gasteiger partial charge in [0.25, 0.3) is 0 Å². The number of aliphatic imine (C=N–C) groups is 1. The van der Waals surface area contributed by atoms with Crippen molar-refractivity contribution in [2.24, 2.45) is 4.99 Å². The van der Waals surface area contributed by atoms with E-state index in [0.717, 1.165) is 40.6 Å². The number of allylic oxidation sites excluding steroid dienone is 2. The maximum atomic E-state index is 11.9. The van der Waals surface area contributed by atoms with Crippen LogP contribution in [0, 0.1) is 0 Å². The van der Waals surface area contributed by atoms with Crippen LogP contribution in [-0.2, 0) is 5.41 Å². The zero-order valence-corrected chi connectivity index (χ0v) is 17.1. The Morgan fingerprint density at radius 1 is 1.28 bits per heavy atom. The largest absolute Gasteiger partial charge is 0.497 e. The molecule has 1 aliphatic heterocycles. The first-order chi connectivity index (χ1) is 14.0. The summed E-state index contributed by atoms with van der Waals surface area (Å²) in [5.41, 5.74) is 4.98. The number of rotatable bonds is 5. The molecular formula is C24H25N3O2. The Morgan fingerprint density at radius 2 is 2.07 bits per heavy atom. The summed E-state index contributed by atoms with van der Waals surface area (Å²) in [6.07, 6.45) is 7.61. The van der Waals surface area contributed by atoms with Crippen molar-refractivity contribution < 1.29 is 9.53 Å². The lowest BCUT2D eigenvalue weighted by atomic mass is 9.97. The molecule has 0 atom stereocenters. The van der Waals surface area contributed by atoms with E-state index in [9.17, 15) is 4.79 Å². The molecule has 4 rings (SSSR count). The van der Waals surface area contributed by atoms with Gasteiger partial charge in [0.15, 0.2) is 5.78 Å². The van der Waals surface area contributed by atoms with Crippen molar-refractivity contribution in [3.63, 3.8) is 0 Å². The average molecular weight is 387 g/mol. The second-order valence-corrected chi connectivity index (χ2v) is 7.70. The van der Waals surface area contributed by atoms with Gasteiger partial charge in [-0.05, 0) is 44.4 Å². The Balaban J connectivity index is 1.67. The summed E-state index contributed by atoms with van der Waals surface area (Å²) in [5, 5.41) is 0. The van der Waals surface area contributed by atoms with Crippen molar-refractivity contribution >= 4 is 22.9 Å². The van der Waals surface area contributed by atoms with Crippen molar-refractivity contribution in [3.8, 4) is 5.75 Å². The molecule has 0 N–H and O–H groups in total. The third kappa shape index (κ3) is 3.48. The van der Waals surface area contributed by atoms with Crippen molar-refractivity contribution in [2.75, 3.05) is 18.6 Å². The van der Waals surface area contributed by atoms with Crippen LogP contribution in [0.5, 0.6) is 5.75 Å². The number of amidine groups is 1. The molecule has 5 nitrogen and oxygen atoms in total. The van der Waals surface area contributed by atoms with Gasteiger partial charge in [-0.2, -0.15) is 0 Å². The SMILES string of the molecule is C=C/C(=C\N=C(C)N1CC2(CC2)c2ccc(C(C)=O)cc21)c1cc(OC)ccn1. The molecule has 1 aromatic carbocycles. The number of hydrogen-bond donors (Lipinski definition) is 0. The van der Waals surface area contributed by atoms with Crippen LogP contribution < -0.4 is 9.64 Å². The van der Waals surface area contributed by atoms with Crippen LogP contribution in [-0.4, -0.2) is 30.3 Å². The number of carbonyl (C=O) groups excluding carboxylic acids is 1. The lowest BCUT2D eigenvalue weighted by Crippen LogP contribution is -2.29. The molecular weight excluding hydrogens is 362 g/mol. The molecule has 1 aromatic heterocycles. The monoisotopic (exact) mass is 387 g/mol. The van der Waals surface area contributed by atoms with Gasteiger partial charge in [-0.15, -0.1) is 0 Å². The van der Waals surface area contributed by atoms with Gasteiger partial charge < -0.3 is 9.64 Å². The van der Waals surface area contributed by atoms with E-state index in [1.165, 1.54) is 18.4 Å². The zero-order chi connectivity index (χ0) is 20.6. The molecule has 148 valence electrons. The molecule has 2 aliphatic rings. The summed E-state index contributed by atoms with van der Waals surface area (Å²) in [6.45, 7) is 8.42. The van der Waals surface area contributed by atoms with E-state index in [1.807, 2.05) is 31.2 Å². The molecule has 0 amide bonds. The van der Waals surface area contributed by atoms with E-state index in [0.29, 0.717) is 0 Å². The normalized spacial score (nSPS) is 17.3. The maximum absolute atomic E-state index is 11.9. The second kappa shape index (κ2) is 7.32. The van der Waals surface area contributed by atoms with Gasteiger partial charge in [-0.25, -0.2) is 4.99 Å². The summed E-state index contributed by atoms with van der Waals surface area (Å²) >= 11 is 0. The van der Waals surface area contributed by atoms with E-state index in [-0.39, 0.29) is 11.2 Å². The van der Waals surface area contributed by atoms with Crippen LogP contribution in [0.3, 0.4) is 0 Å². The highest BCUT2D eigenvalue weighted by molar-refractivity contribution is 6.02. The summed E-state index contributed by atoms with van der Waals surface area (Å²) in [4.78, 5) is 23.2. The zero-order valence-electron chi connectivity index (χ0n) is 17.1. The molecule has 5 heteroatoms. The Kier molecular flexibility index (Phi) is 4.82. The Labute approximate surface area is 171 Å². The molecule has 0 radical (unpaired) electrons. The number of methoxy groups -OCH3 is 1. The quantitative estimate of drug-likeness (QED) is 0.320. The molecule has 1 spiro atoms. The number of benzene rings is 1. The molecule has 2 heterocycles. The maximum Gasteiger partial charge on any atom is 0.159 e. The van der Waals surface area contributed by atoms with Gasteiger partial charge in [-0.3, -0.25) is 9.78 Å². The number of ether oxygens (including phenoxy) is 1. The third-order valence-electron chi connectivity index (χ3n) is 5.84. The van der Waals surface area contributed by atoms with Crippen molar-refractivity contribution in [1.82, 2.24) is 4.98 Å². The first kappa shape index (κ1) is 19.1. The summed E-state index contributed by atoms with van der Waals surface area (Å²) in [6, 6.07) is 9.74. The Hall–Kier alpha value is -3.21. The van der Waals surface area contributed by atoms with Gasteiger partial charge in [0.2, 0.25) is 0 Å². The highest BCUT2D eigenvalue weighted by Crippen LogP contribution is 2.56. The van der Waals surface area contributed by atoms with E-state index < -0.39 is 0 Å². The van der Waals surface area contributed by atoms with Gasteiger partial charge in [0.1, 0.15) is 11.6 Å². The van der Waals surface area contributed by atoms with E-state index in [2.05, 4.69) is 22.5 Å². The predicted octanol–water partition coefficient (Wildman–Crippen LogP) is 4.79. The highest BCUT2D eigenvalue weighted by Gasteiger charge is 2.52. The number of ketones is 1. The standard InChI is InChI=1S/C24H25N3O2/c1-5-18(22-13-20(29-4)8-11-25-22)14-26-17(3)27-15-24(9-10-24)21-7-6-19(16(2)28)12-23(21)27/h5-8,11-14H,1,9-10,15H2,2-4H3/b18-14+,26-17?. The number of fused-ring (bicyclic) bond motifs is 2. The Morgan fingerprint density at radius 3 is 2.72 bits per heavy atom. The van der Waals surface area contributed by atoms with Crippen LogP contribution in [0.4, 0.5) is 5.69 Å². The molecule has 29 heavy (non-hydrogen) atoms. The third-order valence-corrected chi connectivity index (χ3v) is 5.84. The van der Waals surface area contributed by atoms with E-state index in [1.54, 1.807) is 32.5 Å². The van der Waals surface area contributed by atoms with Crippen molar-refractivity contribution in [3.05, 3.63) is 72.2 Å². The van der Waals surface area contributed by atoms with Crippen molar-refractivity contribution in [2.45, 2.75) is 32.1 Å². The van der Waals surface area contributed by atoms with E-state index >= 15 is 0 Å². The van der Waals surface area contributed by atoms with Gasteiger partial charge in [0.05, 0.1) is 12.8 Å². The number of pyridine rings is 1. The molecule has 0 saturated heterocycles. The minimum Gasteiger partial charge on any atom is -0.497 e. The van der Waals surface area contributed by atoms with Crippen LogP contribution in [0.25, 0.3) is 5.57 Å². The fourth-order valence-electron chi connectivity index (χ4n) is 3.91. The number of Topliss-reactive ketones (excluding diaryl/α,β-unsaturated/α-hetero) is 1. The molecule has 0 bridgehead atoms. The van der Waals surface area contributed by atoms with Crippen LogP contribution in [0.2, 0.25) is 0 Å². The minimum atomic E-state index is 0.0806. The van der Waals surface area contributed by atoms with Gasteiger partial charge in [0, 0.05) is 47.2 Å². The van der Waals surface area contributed by atoms with Gasteiger partial charge >= 0.3 is 0 Å². The number of hydrogen-bond acceptors (Lipinski definition) is 4. The second-order valence-electron chi connectivity index (χ2n) is 7.70. The van der Waals surface area contributed by atoms with Gasteiger partial charge in [-0.1, -0.05) is 24.8 Å². The lowest BCUT2D eigenvalue weighted by molar-refractivity contribution is 0.101. The smallest absolute Gasteiger partial charge is 0.159 e. The topological polar surface area (TPSA) is 54.8 Å². The number of carbonyl (C=O) groups is 1. The Bertz CT molecular complexity index is 1050. The van der Waals surface area contributed by atoms with Crippen LogP contribution in [0.15, 0.2) is 60.4 Å². The fourth-order valence-corrected chi connectivity index (χ4v) is 3.91. The fraction of sp³-hybridized carbons (Fsp3) is 0.292. The number of anilines is 1. The highest BCUT2D eigenvalue weighted by atomic mass is 16.5. The molecule has 1 saturated carbocycles. The lowest BCUT2D eigenvalue weighted by Gasteiger charge is -2.19. The first-order valence-corrected chi connectivity index (χ1v) is 9.78. The molecule has 0 unspecified atom stereocenters. The summed E-state index contributed by atoms with van der Waals surface area (Å²) in [7, 11) is 1.63. The predicted molar refractivity (Wildman–Crippen MR) is 117 cm³/mol. The summed E-state index contributed by atoms with van der Waals surface area (Å²) < 4.78 is 5.28. The van der Waals surface area contributed by atoms with Crippen molar-refractivity contribution in [1.29, 1.82) is 0 Å². The van der Waals surface area contributed by atoms with Crippen LogP contribution in [0.1, 0.15) is 48.3 Å². The number of aromatic nitrogens is 1. The first-order valence-electron chi connectivity index (χ1n) is 9.78. The van der Waals surface area contributed by atoms with Crippen LogP contribution >= 0.6 is 0 Å². The molecule has 1 aliphatic carbocycles.